The average molecular weight is 404 g/mol. The molecule has 1 amide bonds. The van der Waals surface area contributed by atoms with Gasteiger partial charge in [0.1, 0.15) is 10.6 Å². The van der Waals surface area contributed by atoms with E-state index in [0.29, 0.717) is 29.6 Å². The van der Waals surface area contributed by atoms with Crippen LogP contribution in [0.25, 0.3) is 16.3 Å². The topological polar surface area (TPSA) is 69.0 Å². The summed E-state index contributed by atoms with van der Waals surface area (Å²) in [5, 5.41) is 7.17. The molecule has 0 saturated carbocycles. The zero-order valence-electron chi connectivity index (χ0n) is 15.9. The maximum absolute atomic E-state index is 12.9. The Kier molecular flexibility index (Phi) is 5.67. The maximum atomic E-state index is 12.9. The molecule has 0 bridgehead atoms. The van der Waals surface area contributed by atoms with Gasteiger partial charge in [0, 0.05) is 30.0 Å². The first-order valence-corrected chi connectivity index (χ1v) is 10.1. The Morgan fingerprint density at radius 1 is 1.14 bits per heavy atom. The number of rotatable bonds is 7. The summed E-state index contributed by atoms with van der Waals surface area (Å²) in [6.45, 7) is 2.80. The Morgan fingerprint density at radius 2 is 2.00 bits per heavy atom. The van der Waals surface area contributed by atoms with Crippen LogP contribution in [0, 0.1) is 0 Å². The van der Waals surface area contributed by atoms with Gasteiger partial charge in [0.25, 0.3) is 5.91 Å². The van der Waals surface area contributed by atoms with Crippen molar-refractivity contribution < 1.29 is 9.53 Å². The molecule has 0 aliphatic rings. The molecule has 1 N–H and O–H groups in total. The summed E-state index contributed by atoms with van der Waals surface area (Å²) in [4.78, 5) is 18.8. The number of thiophene rings is 1. The molecular weight excluding hydrogens is 384 g/mol. The Balaban J connectivity index is 1.51. The van der Waals surface area contributed by atoms with E-state index in [1.807, 2.05) is 67.7 Å². The van der Waals surface area contributed by atoms with E-state index < -0.39 is 0 Å². The number of hydrogen-bond acceptors (Lipinski definition) is 5. The highest BCUT2D eigenvalue weighted by Gasteiger charge is 2.18. The Labute approximate surface area is 172 Å². The lowest BCUT2D eigenvalue weighted by Crippen LogP contribution is -2.22. The maximum Gasteiger partial charge on any atom is 0.265 e. The minimum absolute atomic E-state index is 0.155. The molecule has 0 spiro atoms. The minimum atomic E-state index is -0.155. The number of pyridine rings is 1. The fourth-order valence-corrected chi connectivity index (χ4v) is 3.93. The lowest BCUT2D eigenvalue weighted by molar-refractivity contribution is 0.0951. The van der Waals surface area contributed by atoms with Crippen molar-refractivity contribution in [2.75, 3.05) is 6.61 Å². The van der Waals surface area contributed by atoms with Crippen LogP contribution in [0.5, 0.6) is 5.75 Å². The van der Waals surface area contributed by atoms with Crippen LogP contribution in [0.4, 0.5) is 0 Å². The summed E-state index contributed by atoms with van der Waals surface area (Å²) in [6, 6.07) is 17.5. The predicted molar refractivity (Wildman–Crippen MR) is 113 cm³/mol. The molecule has 3 aromatic heterocycles. The third-order valence-electron chi connectivity index (χ3n) is 4.26. The number of nitrogens with one attached hydrogen (secondary N) is 1. The van der Waals surface area contributed by atoms with E-state index in [9.17, 15) is 4.79 Å². The molecule has 6 nitrogen and oxygen atoms in total. The number of carbonyl (C=O) groups excluding carboxylic acids is 1. The van der Waals surface area contributed by atoms with Gasteiger partial charge in [-0.2, -0.15) is 5.10 Å². The molecule has 4 rings (SSSR count). The van der Waals surface area contributed by atoms with E-state index in [1.54, 1.807) is 17.1 Å². The van der Waals surface area contributed by atoms with Gasteiger partial charge in [0.15, 0.2) is 5.82 Å². The number of nitrogens with zero attached hydrogens (tertiary/aromatic N) is 3. The van der Waals surface area contributed by atoms with E-state index in [4.69, 9.17) is 4.74 Å². The number of ether oxygens (including phenoxy) is 1. The van der Waals surface area contributed by atoms with Gasteiger partial charge in [-0.15, -0.1) is 11.3 Å². The largest absolute Gasteiger partial charge is 0.492 e. The molecule has 3 heterocycles. The van der Waals surface area contributed by atoms with Gasteiger partial charge in [-0.1, -0.05) is 30.3 Å². The summed E-state index contributed by atoms with van der Waals surface area (Å²) >= 11 is 1.43. The lowest BCUT2D eigenvalue weighted by atomic mass is 10.2. The molecule has 0 fully saturated rings. The highest BCUT2D eigenvalue weighted by molar-refractivity contribution is 7.17. The monoisotopic (exact) mass is 404 g/mol. The van der Waals surface area contributed by atoms with E-state index in [-0.39, 0.29) is 5.91 Å². The highest BCUT2D eigenvalue weighted by Crippen LogP contribution is 2.36. The van der Waals surface area contributed by atoms with Crippen LogP contribution < -0.4 is 10.1 Å². The van der Waals surface area contributed by atoms with Crippen molar-refractivity contribution in [1.82, 2.24) is 20.1 Å². The molecule has 0 aliphatic carbocycles. The molecule has 146 valence electrons. The van der Waals surface area contributed by atoms with Gasteiger partial charge in [0.05, 0.1) is 6.61 Å². The van der Waals surface area contributed by atoms with E-state index in [1.165, 1.54) is 11.3 Å². The number of benzene rings is 1. The molecule has 29 heavy (non-hydrogen) atoms. The van der Waals surface area contributed by atoms with Crippen molar-refractivity contribution in [2.24, 2.45) is 0 Å². The first-order valence-electron chi connectivity index (χ1n) is 9.30. The third kappa shape index (κ3) is 4.35. The molecule has 0 aliphatic heterocycles. The van der Waals surface area contributed by atoms with Gasteiger partial charge in [-0.05, 0) is 42.3 Å². The second-order valence-corrected chi connectivity index (χ2v) is 7.31. The zero-order valence-corrected chi connectivity index (χ0v) is 16.7. The normalized spacial score (nSPS) is 10.7. The number of amides is 1. The smallest absolute Gasteiger partial charge is 0.265 e. The first-order chi connectivity index (χ1) is 14.2. The summed E-state index contributed by atoms with van der Waals surface area (Å²) in [6.07, 6.45) is 5.24. The highest BCUT2D eigenvalue weighted by atomic mass is 32.1. The fraction of sp³-hybridized carbons (Fsp3) is 0.136. The average Bonchev–Trinajstić information content (AvgIpc) is 3.44. The molecule has 0 saturated heterocycles. The van der Waals surface area contributed by atoms with Crippen LogP contribution in [0.2, 0.25) is 0 Å². The van der Waals surface area contributed by atoms with Gasteiger partial charge in [0.2, 0.25) is 0 Å². The van der Waals surface area contributed by atoms with Gasteiger partial charge in [-0.3, -0.25) is 4.79 Å². The lowest BCUT2D eigenvalue weighted by Gasteiger charge is -2.08. The van der Waals surface area contributed by atoms with Crippen molar-refractivity contribution in [3.63, 3.8) is 0 Å². The SMILES string of the molecule is CCOc1cc(-c2ccccc2)sc1C(=O)NCc1ccnc(-n2cccn2)c1. The van der Waals surface area contributed by atoms with Crippen molar-refractivity contribution in [2.45, 2.75) is 13.5 Å². The third-order valence-corrected chi connectivity index (χ3v) is 5.43. The van der Waals surface area contributed by atoms with Crippen LogP contribution in [0.15, 0.2) is 73.2 Å². The summed E-state index contributed by atoms with van der Waals surface area (Å²) in [5.41, 5.74) is 2.01. The molecule has 0 unspecified atom stereocenters. The van der Waals surface area contributed by atoms with Crippen LogP contribution in [0.3, 0.4) is 0 Å². The second-order valence-electron chi connectivity index (χ2n) is 6.26. The fourth-order valence-electron chi connectivity index (χ4n) is 2.90. The molecule has 4 aromatic rings. The molecule has 0 radical (unpaired) electrons. The number of carbonyl (C=O) groups is 1. The van der Waals surface area contributed by atoms with Crippen molar-refractivity contribution in [3.05, 3.63) is 83.6 Å². The van der Waals surface area contributed by atoms with Crippen LogP contribution in [-0.4, -0.2) is 27.3 Å². The van der Waals surface area contributed by atoms with Crippen molar-refractivity contribution in [3.8, 4) is 22.0 Å². The Hall–Kier alpha value is -3.45. The van der Waals surface area contributed by atoms with Gasteiger partial charge in [-0.25, -0.2) is 9.67 Å². The van der Waals surface area contributed by atoms with Crippen molar-refractivity contribution >= 4 is 17.2 Å². The van der Waals surface area contributed by atoms with E-state index >= 15 is 0 Å². The van der Waals surface area contributed by atoms with E-state index in [0.717, 1.165) is 16.0 Å². The van der Waals surface area contributed by atoms with Crippen molar-refractivity contribution in [1.29, 1.82) is 0 Å². The quantitative estimate of drug-likeness (QED) is 0.498. The van der Waals surface area contributed by atoms with Crippen LogP contribution in [0.1, 0.15) is 22.2 Å². The molecule has 0 atom stereocenters. The van der Waals surface area contributed by atoms with Gasteiger partial charge < -0.3 is 10.1 Å². The summed E-state index contributed by atoms with van der Waals surface area (Å²) in [7, 11) is 0. The first kappa shape index (κ1) is 18.9. The summed E-state index contributed by atoms with van der Waals surface area (Å²) in [5.74, 6) is 1.16. The Morgan fingerprint density at radius 3 is 2.76 bits per heavy atom. The number of hydrogen-bond donors (Lipinski definition) is 1. The Bertz CT molecular complexity index is 1090. The van der Waals surface area contributed by atoms with E-state index in [2.05, 4.69) is 15.4 Å². The standard InChI is InChI=1S/C22H20N4O2S/c1-2-28-18-14-19(17-7-4-3-5-8-17)29-21(18)22(27)24-15-16-9-11-23-20(13-16)26-12-6-10-25-26/h3-14H,2,15H2,1H3,(H,24,27). The predicted octanol–water partition coefficient (Wildman–Crippen LogP) is 4.32. The van der Waals surface area contributed by atoms with Crippen LogP contribution >= 0.6 is 11.3 Å². The van der Waals surface area contributed by atoms with Gasteiger partial charge >= 0.3 is 0 Å². The molecule has 7 heteroatoms. The summed E-state index contributed by atoms with van der Waals surface area (Å²) < 4.78 is 7.39. The molecule has 1 aromatic carbocycles. The zero-order chi connectivity index (χ0) is 20.1. The number of aromatic nitrogens is 3. The molecular formula is C22H20N4O2S. The minimum Gasteiger partial charge on any atom is -0.492 e. The van der Waals surface area contributed by atoms with Crippen LogP contribution in [-0.2, 0) is 6.54 Å². The second kappa shape index (κ2) is 8.70.